The summed E-state index contributed by atoms with van der Waals surface area (Å²) in [5, 5.41) is 7.05. The quantitative estimate of drug-likeness (QED) is 0.376. The molecule has 1 saturated heterocycles. The average molecular weight is 374 g/mol. The van der Waals surface area contributed by atoms with Crippen LogP contribution in [0.2, 0.25) is 0 Å². The first kappa shape index (κ1) is 21.7. The lowest BCUT2D eigenvalue weighted by Gasteiger charge is -2.32. The Hall–Kier alpha value is -1.59. The minimum atomic E-state index is 0.552. The molecular formula is C22H39N5. The van der Waals surface area contributed by atoms with Gasteiger partial charge in [0.1, 0.15) is 0 Å². The van der Waals surface area contributed by atoms with E-state index in [-0.39, 0.29) is 0 Å². The number of guanidine groups is 1. The number of likely N-dealkylation sites (tertiary alicyclic amines) is 1. The first-order valence-corrected chi connectivity index (χ1v) is 10.7. The van der Waals surface area contributed by atoms with Crippen molar-refractivity contribution in [3.05, 3.63) is 35.9 Å². The highest BCUT2D eigenvalue weighted by atomic mass is 15.2. The maximum Gasteiger partial charge on any atom is 0.191 e. The highest BCUT2D eigenvalue weighted by Gasteiger charge is 2.19. The number of rotatable bonds is 10. The fourth-order valence-electron chi connectivity index (χ4n) is 3.64. The van der Waals surface area contributed by atoms with Gasteiger partial charge in [0, 0.05) is 38.8 Å². The monoisotopic (exact) mass is 373 g/mol. The lowest BCUT2D eigenvalue weighted by molar-refractivity contribution is 0.206. The van der Waals surface area contributed by atoms with E-state index in [1.165, 1.54) is 44.5 Å². The zero-order chi connectivity index (χ0) is 19.3. The van der Waals surface area contributed by atoms with E-state index in [9.17, 15) is 0 Å². The summed E-state index contributed by atoms with van der Waals surface area (Å²) in [7, 11) is 2.18. The number of piperidine rings is 1. The summed E-state index contributed by atoms with van der Waals surface area (Å²) in [4.78, 5) is 9.74. The van der Waals surface area contributed by atoms with Crippen molar-refractivity contribution in [2.45, 2.75) is 52.1 Å². The Balaban J connectivity index is 1.68. The molecule has 1 aliphatic heterocycles. The molecule has 0 spiro atoms. The van der Waals surface area contributed by atoms with Gasteiger partial charge in [-0.3, -0.25) is 4.99 Å². The number of nitrogens with zero attached hydrogens (tertiary/aromatic N) is 3. The van der Waals surface area contributed by atoms with Crippen molar-refractivity contribution in [2.75, 3.05) is 46.3 Å². The number of nitrogens with one attached hydrogen (secondary N) is 2. The fourth-order valence-corrected chi connectivity index (χ4v) is 3.64. The van der Waals surface area contributed by atoms with E-state index in [1.54, 1.807) is 0 Å². The molecule has 1 fully saturated rings. The van der Waals surface area contributed by atoms with E-state index >= 15 is 0 Å². The van der Waals surface area contributed by atoms with Crippen LogP contribution in [0.15, 0.2) is 35.3 Å². The molecule has 0 unspecified atom stereocenters. The molecular weight excluding hydrogens is 334 g/mol. The normalized spacial score (nSPS) is 16.7. The van der Waals surface area contributed by atoms with Crippen LogP contribution in [0, 0.1) is 0 Å². The first-order chi connectivity index (χ1) is 13.2. The largest absolute Gasteiger partial charge is 0.357 e. The maximum absolute atomic E-state index is 4.80. The summed E-state index contributed by atoms with van der Waals surface area (Å²) >= 11 is 0. The second-order valence-corrected chi connectivity index (χ2v) is 7.60. The second kappa shape index (κ2) is 12.7. The van der Waals surface area contributed by atoms with Gasteiger partial charge >= 0.3 is 0 Å². The van der Waals surface area contributed by atoms with Crippen LogP contribution in [0.25, 0.3) is 0 Å². The van der Waals surface area contributed by atoms with E-state index in [0.29, 0.717) is 6.04 Å². The van der Waals surface area contributed by atoms with Crippen molar-refractivity contribution in [3.8, 4) is 0 Å². The zero-order valence-corrected chi connectivity index (χ0v) is 17.6. The lowest BCUT2D eigenvalue weighted by Crippen LogP contribution is -2.48. The van der Waals surface area contributed by atoms with Crippen molar-refractivity contribution in [1.29, 1.82) is 0 Å². The Morgan fingerprint density at radius 1 is 1.19 bits per heavy atom. The molecule has 0 radical (unpaired) electrons. The second-order valence-electron chi connectivity index (χ2n) is 7.60. The van der Waals surface area contributed by atoms with E-state index in [2.05, 4.69) is 71.7 Å². The Bertz CT molecular complexity index is 523. The summed E-state index contributed by atoms with van der Waals surface area (Å²) in [6.07, 6.45) is 4.75. The SMILES string of the molecule is CCCN1CCC(NC(=NCCCN(C)Cc2ccccc2)NCC)CC1. The molecule has 1 aromatic rings. The van der Waals surface area contributed by atoms with Crippen molar-refractivity contribution in [2.24, 2.45) is 4.99 Å². The van der Waals surface area contributed by atoms with Crippen molar-refractivity contribution >= 4 is 5.96 Å². The minimum Gasteiger partial charge on any atom is -0.357 e. The van der Waals surface area contributed by atoms with E-state index in [0.717, 1.165) is 38.6 Å². The predicted octanol–water partition coefficient (Wildman–Crippen LogP) is 2.94. The molecule has 0 aromatic heterocycles. The zero-order valence-electron chi connectivity index (χ0n) is 17.6. The van der Waals surface area contributed by atoms with Gasteiger partial charge in [0.2, 0.25) is 0 Å². The van der Waals surface area contributed by atoms with E-state index in [4.69, 9.17) is 4.99 Å². The average Bonchev–Trinajstić information content (AvgIpc) is 2.68. The van der Waals surface area contributed by atoms with E-state index < -0.39 is 0 Å². The Labute approximate surface area is 166 Å². The third-order valence-electron chi connectivity index (χ3n) is 5.08. The Morgan fingerprint density at radius 2 is 1.93 bits per heavy atom. The number of benzene rings is 1. The van der Waals surface area contributed by atoms with Crippen LogP contribution in [0.4, 0.5) is 0 Å². The van der Waals surface area contributed by atoms with Gasteiger partial charge in [0.25, 0.3) is 0 Å². The highest BCUT2D eigenvalue weighted by molar-refractivity contribution is 5.80. The van der Waals surface area contributed by atoms with Crippen LogP contribution in [0.5, 0.6) is 0 Å². The summed E-state index contributed by atoms with van der Waals surface area (Å²) in [5.41, 5.74) is 1.37. The summed E-state index contributed by atoms with van der Waals surface area (Å²) in [6.45, 7) is 11.9. The molecule has 27 heavy (non-hydrogen) atoms. The van der Waals surface area contributed by atoms with Crippen LogP contribution in [-0.4, -0.2) is 68.1 Å². The van der Waals surface area contributed by atoms with Gasteiger partial charge in [-0.15, -0.1) is 0 Å². The van der Waals surface area contributed by atoms with Crippen LogP contribution >= 0.6 is 0 Å². The summed E-state index contributed by atoms with van der Waals surface area (Å²) < 4.78 is 0. The lowest BCUT2D eigenvalue weighted by atomic mass is 10.1. The van der Waals surface area contributed by atoms with Crippen LogP contribution in [-0.2, 0) is 6.54 Å². The molecule has 5 heteroatoms. The van der Waals surface area contributed by atoms with Gasteiger partial charge in [-0.2, -0.15) is 0 Å². The third-order valence-corrected chi connectivity index (χ3v) is 5.08. The van der Waals surface area contributed by atoms with Crippen LogP contribution < -0.4 is 10.6 Å². The van der Waals surface area contributed by atoms with Crippen molar-refractivity contribution < 1.29 is 0 Å². The number of aliphatic imine (C=N–C) groups is 1. The van der Waals surface area contributed by atoms with Crippen molar-refractivity contribution in [1.82, 2.24) is 20.4 Å². The van der Waals surface area contributed by atoms with Gasteiger partial charge in [-0.05, 0) is 58.3 Å². The van der Waals surface area contributed by atoms with Gasteiger partial charge in [0.15, 0.2) is 5.96 Å². The smallest absolute Gasteiger partial charge is 0.191 e. The maximum atomic E-state index is 4.80. The topological polar surface area (TPSA) is 42.9 Å². The fraction of sp³-hybridized carbons (Fsp3) is 0.682. The standard InChI is InChI=1S/C22H39N5/c1-4-15-27-17-12-21(13-18-27)25-22(23-5-2)24-14-9-16-26(3)19-20-10-7-6-8-11-20/h6-8,10-11,21H,4-5,9,12-19H2,1-3H3,(H2,23,24,25). The minimum absolute atomic E-state index is 0.552. The highest BCUT2D eigenvalue weighted by Crippen LogP contribution is 2.10. The summed E-state index contributed by atoms with van der Waals surface area (Å²) in [6, 6.07) is 11.2. The number of hydrogen-bond donors (Lipinski definition) is 2. The number of hydrogen-bond acceptors (Lipinski definition) is 3. The molecule has 0 bridgehead atoms. The Morgan fingerprint density at radius 3 is 2.59 bits per heavy atom. The van der Waals surface area contributed by atoms with Gasteiger partial charge in [-0.1, -0.05) is 37.3 Å². The first-order valence-electron chi connectivity index (χ1n) is 10.7. The molecule has 0 aliphatic carbocycles. The molecule has 2 N–H and O–H groups in total. The molecule has 152 valence electrons. The third kappa shape index (κ3) is 8.76. The molecule has 0 atom stereocenters. The van der Waals surface area contributed by atoms with Gasteiger partial charge in [-0.25, -0.2) is 0 Å². The molecule has 2 rings (SSSR count). The summed E-state index contributed by atoms with van der Waals surface area (Å²) in [5.74, 6) is 0.983. The van der Waals surface area contributed by atoms with Gasteiger partial charge in [0.05, 0.1) is 0 Å². The van der Waals surface area contributed by atoms with E-state index in [1.807, 2.05) is 0 Å². The molecule has 1 aromatic carbocycles. The molecule has 5 nitrogen and oxygen atoms in total. The predicted molar refractivity (Wildman–Crippen MR) is 116 cm³/mol. The van der Waals surface area contributed by atoms with Gasteiger partial charge < -0.3 is 20.4 Å². The van der Waals surface area contributed by atoms with Crippen molar-refractivity contribution in [3.63, 3.8) is 0 Å². The molecule has 1 heterocycles. The molecule has 0 saturated carbocycles. The molecule has 0 amide bonds. The molecule has 1 aliphatic rings. The van der Waals surface area contributed by atoms with Crippen LogP contribution in [0.1, 0.15) is 45.1 Å². The Kier molecular flexibility index (Phi) is 10.2. The van der Waals surface area contributed by atoms with Crippen LogP contribution in [0.3, 0.4) is 0 Å².